The van der Waals surface area contributed by atoms with Crippen LogP contribution in [0.5, 0.6) is 0 Å². The fraction of sp³-hybridized carbons (Fsp3) is 0.286. The molecule has 0 bridgehead atoms. The molecule has 0 unspecified atom stereocenters. The van der Waals surface area contributed by atoms with E-state index in [0.717, 1.165) is 63.0 Å². The number of fused-ring (bicyclic) bond motifs is 2. The molecule has 5 nitrogen and oxygen atoms in total. The van der Waals surface area contributed by atoms with Gasteiger partial charge in [-0.2, -0.15) is 0 Å². The fourth-order valence-electron chi connectivity index (χ4n) is 4.42. The SMILES string of the molecule is CCNc1cc2oc3cc(=[NH+]C)c(CC)cc-3c(-c3ccccc3C(=O)OCC)c2cc1C. The van der Waals surface area contributed by atoms with Gasteiger partial charge in [-0.15, -0.1) is 0 Å². The number of carbonyl (C=O) groups excluding carboxylic acids is 1. The number of anilines is 1. The van der Waals surface area contributed by atoms with Crippen molar-refractivity contribution in [2.24, 2.45) is 0 Å². The number of benzene rings is 3. The van der Waals surface area contributed by atoms with Crippen LogP contribution in [0.4, 0.5) is 5.69 Å². The quantitative estimate of drug-likeness (QED) is 0.345. The molecule has 170 valence electrons. The van der Waals surface area contributed by atoms with E-state index in [9.17, 15) is 4.79 Å². The van der Waals surface area contributed by atoms with Crippen molar-refractivity contribution in [2.75, 3.05) is 25.5 Å². The van der Waals surface area contributed by atoms with Crippen LogP contribution >= 0.6 is 0 Å². The van der Waals surface area contributed by atoms with E-state index in [2.05, 4.69) is 55.3 Å². The minimum Gasteiger partial charge on any atom is -0.462 e. The maximum Gasteiger partial charge on any atom is 0.338 e. The largest absolute Gasteiger partial charge is 0.462 e. The summed E-state index contributed by atoms with van der Waals surface area (Å²) in [4.78, 5) is 16.2. The van der Waals surface area contributed by atoms with Crippen molar-refractivity contribution in [1.82, 2.24) is 0 Å². The normalized spacial score (nSPS) is 11.8. The van der Waals surface area contributed by atoms with Gasteiger partial charge in [-0.3, -0.25) is 0 Å². The Hall–Kier alpha value is -3.60. The van der Waals surface area contributed by atoms with E-state index in [1.54, 1.807) is 0 Å². The molecule has 0 saturated carbocycles. The lowest BCUT2D eigenvalue weighted by molar-refractivity contribution is -0.466. The monoisotopic (exact) mass is 443 g/mol. The van der Waals surface area contributed by atoms with Crippen LogP contribution in [-0.2, 0) is 11.2 Å². The molecular weight excluding hydrogens is 412 g/mol. The van der Waals surface area contributed by atoms with Gasteiger partial charge in [-0.05, 0) is 56.5 Å². The summed E-state index contributed by atoms with van der Waals surface area (Å²) >= 11 is 0. The van der Waals surface area contributed by atoms with Gasteiger partial charge in [0.05, 0.1) is 18.2 Å². The van der Waals surface area contributed by atoms with Crippen LogP contribution in [0.15, 0.2) is 52.9 Å². The molecule has 0 aromatic heterocycles. The lowest BCUT2D eigenvalue weighted by atomic mass is 9.89. The van der Waals surface area contributed by atoms with Gasteiger partial charge in [-0.25, -0.2) is 9.79 Å². The zero-order valence-corrected chi connectivity index (χ0v) is 20.0. The molecule has 0 atom stereocenters. The van der Waals surface area contributed by atoms with Crippen molar-refractivity contribution in [3.63, 3.8) is 0 Å². The number of carbonyl (C=O) groups is 1. The smallest absolute Gasteiger partial charge is 0.338 e. The van der Waals surface area contributed by atoms with Gasteiger partial charge in [0.25, 0.3) is 0 Å². The molecule has 2 aromatic carbocycles. The maximum atomic E-state index is 12.9. The first kappa shape index (κ1) is 22.6. The van der Waals surface area contributed by atoms with Gasteiger partial charge >= 0.3 is 5.97 Å². The molecular formula is C28H31N2O3+. The Morgan fingerprint density at radius 2 is 1.85 bits per heavy atom. The Morgan fingerprint density at radius 1 is 1.06 bits per heavy atom. The Balaban J connectivity index is 2.17. The van der Waals surface area contributed by atoms with Crippen molar-refractivity contribution >= 4 is 22.6 Å². The second kappa shape index (κ2) is 9.49. The third-order valence-electron chi connectivity index (χ3n) is 6.00. The standard InChI is InChI=1S/C28H30N2O3/c1-6-18-14-22-26(16-24(18)29-5)33-25-15-23(30-7-2)17(4)13-21(25)27(22)19-11-9-10-12-20(19)28(31)32-8-3/h9-16,30H,6-8H2,1-5H3/p+1. The van der Waals surface area contributed by atoms with Crippen molar-refractivity contribution in [3.05, 3.63) is 70.6 Å². The van der Waals surface area contributed by atoms with Crippen molar-refractivity contribution in [1.29, 1.82) is 0 Å². The number of hydrogen-bond acceptors (Lipinski definition) is 4. The Labute approximate surface area is 194 Å². The molecule has 0 fully saturated rings. The summed E-state index contributed by atoms with van der Waals surface area (Å²) in [6.07, 6.45) is 0.876. The van der Waals surface area contributed by atoms with E-state index >= 15 is 0 Å². The summed E-state index contributed by atoms with van der Waals surface area (Å²) in [7, 11) is 1.92. The topological polar surface area (TPSA) is 65.4 Å². The first-order valence-electron chi connectivity index (χ1n) is 11.6. The molecule has 0 amide bonds. The lowest BCUT2D eigenvalue weighted by Gasteiger charge is -2.19. The highest BCUT2D eigenvalue weighted by atomic mass is 16.5. The predicted molar refractivity (Wildman–Crippen MR) is 133 cm³/mol. The molecule has 0 radical (unpaired) electrons. The number of nitrogens with one attached hydrogen (secondary N) is 2. The van der Waals surface area contributed by atoms with E-state index in [0.29, 0.717) is 12.2 Å². The number of esters is 1. The third kappa shape index (κ3) is 4.11. The molecule has 2 N–H and O–H groups in total. The Morgan fingerprint density at radius 3 is 2.55 bits per heavy atom. The summed E-state index contributed by atoms with van der Waals surface area (Å²) < 4.78 is 11.8. The molecule has 1 aliphatic carbocycles. The first-order chi connectivity index (χ1) is 16.0. The van der Waals surface area contributed by atoms with Crippen molar-refractivity contribution < 1.29 is 18.9 Å². The van der Waals surface area contributed by atoms with Crippen LogP contribution in [0, 0.1) is 6.92 Å². The molecule has 1 heterocycles. The highest BCUT2D eigenvalue weighted by Gasteiger charge is 2.24. The van der Waals surface area contributed by atoms with Crippen LogP contribution in [0.3, 0.4) is 0 Å². The molecule has 2 aromatic rings. The Bertz CT molecular complexity index is 1370. The van der Waals surface area contributed by atoms with Gasteiger partial charge < -0.3 is 14.5 Å². The van der Waals surface area contributed by atoms with Gasteiger partial charge in [0.2, 0.25) is 5.36 Å². The zero-order valence-electron chi connectivity index (χ0n) is 20.0. The average molecular weight is 444 g/mol. The molecule has 0 spiro atoms. The van der Waals surface area contributed by atoms with Gasteiger partial charge in [0.1, 0.15) is 18.4 Å². The molecule has 5 heteroatoms. The van der Waals surface area contributed by atoms with Gasteiger partial charge in [-0.1, -0.05) is 25.1 Å². The van der Waals surface area contributed by atoms with E-state index in [-0.39, 0.29) is 5.97 Å². The van der Waals surface area contributed by atoms with E-state index < -0.39 is 0 Å². The average Bonchev–Trinajstić information content (AvgIpc) is 2.82. The number of rotatable bonds is 6. The number of aryl methyl sites for hydroxylation is 2. The lowest BCUT2D eigenvalue weighted by Crippen LogP contribution is -2.72. The third-order valence-corrected chi connectivity index (χ3v) is 6.00. The number of ether oxygens (including phenoxy) is 1. The minimum atomic E-state index is -0.321. The predicted octanol–water partition coefficient (Wildman–Crippen LogP) is 4.30. The van der Waals surface area contributed by atoms with E-state index in [4.69, 9.17) is 9.15 Å². The molecule has 33 heavy (non-hydrogen) atoms. The molecule has 4 rings (SSSR count). The second-order valence-corrected chi connectivity index (χ2v) is 8.05. The summed E-state index contributed by atoms with van der Waals surface area (Å²) in [5.41, 5.74) is 7.48. The minimum absolute atomic E-state index is 0.321. The van der Waals surface area contributed by atoms with Crippen molar-refractivity contribution in [3.8, 4) is 22.5 Å². The maximum absolute atomic E-state index is 12.9. The van der Waals surface area contributed by atoms with Gasteiger partial charge in [0.15, 0.2) is 0 Å². The summed E-state index contributed by atoms with van der Waals surface area (Å²) in [6, 6.07) is 16.1. The summed E-state index contributed by atoms with van der Waals surface area (Å²) in [6.45, 7) is 9.28. The molecule has 1 aliphatic heterocycles. The van der Waals surface area contributed by atoms with Crippen molar-refractivity contribution in [2.45, 2.75) is 34.1 Å². The van der Waals surface area contributed by atoms with Crippen LogP contribution in [0.25, 0.3) is 33.4 Å². The van der Waals surface area contributed by atoms with Crippen LogP contribution in [0.2, 0.25) is 0 Å². The first-order valence-corrected chi connectivity index (χ1v) is 11.6. The summed E-state index contributed by atoms with van der Waals surface area (Å²) in [5, 5.41) is 5.42. The van der Waals surface area contributed by atoms with E-state index in [1.807, 2.05) is 38.2 Å². The number of hydrogen-bond donors (Lipinski definition) is 2. The zero-order chi connectivity index (χ0) is 23.5. The van der Waals surface area contributed by atoms with Crippen LogP contribution in [-0.4, -0.2) is 26.2 Å². The highest BCUT2D eigenvalue weighted by molar-refractivity contribution is 6.08. The summed E-state index contributed by atoms with van der Waals surface area (Å²) in [5.74, 6) is 0.447. The van der Waals surface area contributed by atoms with Gasteiger partial charge in [0, 0.05) is 40.4 Å². The van der Waals surface area contributed by atoms with Crippen LogP contribution < -0.4 is 15.7 Å². The highest BCUT2D eigenvalue weighted by Crippen LogP contribution is 2.43. The fourth-order valence-corrected chi connectivity index (χ4v) is 4.42. The Kier molecular flexibility index (Phi) is 6.50. The molecule has 0 saturated heterocycles. The molecule has 2 aliphatic rings. The van der Waals surface area contributed by atoms with Crippen LogP contribution in [0.1, 0.15) is 42.3 Å². The second-order valence-electron chi connectivity index (χ2n) is 8.05. The van der Waals surface area contributed by atoms with E-state index in [1.165, 1.54) is 5.56 Å².